The van der Waals surface area contributed by atoms with Crippen molar-refractivity contribution in [1.29, 1.82) is 0 Å². The third-order valence-electron chi connectivity index (χ3n) is 2.82. The van der Waals surface area contributed by atoms with Crippen LogP contribution >= 0.6 is 11.6 Å². The van der Waals surface area contributed by atoms with Gasteiger partial charge in [-0.3, -0.25) is 0 Å². The number of nitrogens with two attached hydrogens (primary N) is 1. The van der Waals surface area contributed by atoms with Crippen LogP contribution in [0.2, 0.25) is 5.15 Å². The van der Waals surface area contributed by atoms with E-state index in [2.05, 4.69) is 14.9 Å². The molecule has 18 heavy (non-hydrogen) atoms. The molecule has 8 nitrogen and oxygen atoms in total. The number of hydrogen-bond acceptors (Lipinski definition) is 7. The molecule has 1 aliphatic heterocycles. The Morgan fingerprint density at radius 1 is 1.33 bits per heavy atom. The van der Waals surface area contributed by atoms with Crippen molar-refractivity contribution >= 4 is 29.1 Å². The summed E-state index contributed by atoms with van der Waals surface area (Å²) in [6.07, 6.45) is 0. The van der Waals surface area contributed by atoms with Crippen LogP contribution in [0.25, 0.3) is 0 Å². The van der Waals surface area contributed by atoms with Crippen molar-refractivity contribution in [1.82, 2.24) is 14.9 Å². The van der Waals surface area contributed by atoms with E-state index < -0.39 is 10.7 Å². The molecule has 0 saturated carbocycles. The van der Waals surface area contributed by atoms with Gasteiger partial charge in [-0.25, -0.2) is 4.98 Å². The maximum absolute atomic E-state index is 10.6. The summed E-state index contributed by atoms with van der Waals surface area (Å²) in [5.74, 6) is -0.302. The third kappa shape index (κ3) is 2.44. The molecule has 0 atom stereocenters. The SMILES string of the molecule is CN1CCN(c2nc(N)c([N+](=O)[O-])nc2Cl)CC1. The monoisotopic (exact) mass is 272 g/mol. The first-order valence-electron chi connectivity index (χ1n) is 5.40. The Morgan fingerprint density at radius 2 is 1.94 bits per heavy atom. The summed E-state index contributed by atoms with van der Waals surface area (Å²) in [4.78, 5) is 21.7. The second-order valence-electron chi connectivity index (χ2n) is 4.09. The Balaban J connectivity index is 2.29. The van der Waals surface area contributed by atoms with Crippen molar-refractivity contribution in [2.24, 2.45) is 0 Å². The van der Waals surface area contributed by atoms with E-state index in [0.29, 0.717) is 5.82 Å². The normalized spacial score (nSPS) is 16.9. The molecule has 1 aliphatic rings. The lowest BCUT2D eigenvalue weighted by atomic mass is 10.3. The molecule has 1 fully saturated rings. The average Bonchev–Trinajstić information content (AvgIpc) is 2.32. The van der Waals surface area contributed by atoms with E-state index in [1.54, 1.807) is 0 Å². The van der Waals surface area contributed by atoms with E-state index in [4.69, 9.17) is 17.3 Å². The highest BCUT2D eigenvalue weighted by atomic mass is 35.5. The fourth-order valence-electron chi connectivity index (χ4n) is 1.76. The molecule has 0 bridgehead atoms. The summed E-state index contributed by atoms with van der Waals surface area (Å²) in [7, 11) is 2.02. The lowest BCUT2D eigenvalue weighted by Gasteiger charge is -2.32. The van der Waals surface area contributed by atoms with Crippen molar-refractivity contribution in [2.75, 3.05) is 43.9 Å². The average molecular weight is 273 g/mol. The number of nitrogens with zero attached hydrogens (tertiary/aromatic N) is 5. The second-order valence-corrected chi connectivity index (χ2v) is 4.45. The molecule has 2 rings (SSSR count). The lowest BCUT2D eigenvalue weighted by molar-refractivity contribution is -0.388. The minimum absolute atomic E-state index is 0.0143. The van der Waals surface area contributed by atoms with Crippen LogP contribution in [-0.4, -0.2) is 53.0 Å². The van der Waals surface area contributed by atoms with Gasteiger partial charge >= 0.3 is 5.82 Å². The predicted octanol–water partition coefficient (Wildman–Crippen LogP) is 0.372. The van der Waals surface area contributed by atoms with Gasteiger partial charge in [0, 0.05) is 26.2 Å². The highest BCUT2D eigenvalue weighted by molar-refractivity contribution is 6.31. The largest absolute Gasteiger partial charge is 0.408 e. The van der Waals surface area contributed by atoms with Crippen molar-refractivity contribution in [3.63, 3.8) is 0 Å². The van der Waals surface area contributed by atoms with Gasteiger partial charge in [0.2, 0.25) is 5.82 Å². The number of piperazine rings is 1. The quantitative estimate of drug-likeness (QED) is 0.613. The van der Waals surface area contributed by atoms with Gasteiger partial charge in [0.1, 0.15) is 0 Å². The van der Waals surface area contributed by atoms with E-state index in [1.165, 1.54) is 0 Å². The van der Waals surface area contributed by atoms with Crippen LogP contribution in [0.3, 0.4) is 0 Å². The first kappa shape index (κ1) is 12.8. The van der Waals surface area contributed by atoms with Crippen LogP contribution in [0.1, 0.15) is 0 Å². The summed E-state index contributed by atoms with van der Waals surface area (Å²) < 4.78 is 0. The Morgan fingerprint density at radius 3 is 2.50 bits per heavy atom. The summed E-state index contributed by atoms with van der Waals surface area (Å²) in [6, 6.07) is 0. The molecule has 1 aromatic rings. The second kappa shape index (κ2) is 4.91. The van der Waals surface area contributed by atoms with Crippen molar-refractivity contribution in [3.8, 4) is 0 Å². The minimum Gasteiger partial charge on any atom is -0.377 e. The Kier molecular flexibility index (Phi) is 3.48. The zero-order valence-corrected chi connectivity index (χ0v) is 10.6. The van der Waals surface area contributed by atoms with Crippen molar-refractivity contribution in [3.05, 3.63) is 15.3 Å². The van der Waals surface area contributed by atoms with Crippen LogP contribution in [0.15, 0.2) is 0 Å². The van der Waals surface area contributed by atoms with Crippen molar-refractivity contribution < 1.29 is 4.92 Å². The number of likely N-dealkylation sites (N-methyl/N-ethyl adjacent to an activating group) is 1. The van der Waals surface area contributed by atoms with Crippen LogP contribution in [0.5, 0.6) is 0 Å². The van der Waals surface area contributed by atoms with E-state index in [1.807, 2.05) is 11.9 Å². The Bertz CT molecular complexity index is 474. The summed E-state index contributed by atoms with van der Waals surface area (Å²) in [6.45, 7) is 3.22. The van der Waals surface area contributed by atoms with Gasteiger partial charge in [0.25, 0.3) is 5.15 Å². The third-order valence-corrected chi connectivity index (χ3v) is 3.07. The summed E-state index contributed by atoms with van der Waals surface area (Å²) >= 11 is 5.93. The maximum atomic E-state index is 10.6. The fourth-order valence-corrected chi connectivity index (χ4v) is 2.01. The smallest absolute Gasteiger partial charge is 0.377 e. The highest BCUT2D eigenvalue weighted by Gasteiger charge is 2.25. The molecule has 2 N–H and O–H groups in total. The molecule has 1 saturated heterocycles. The molecule has 0 radical (unpaired) electrons. The molecule has 0 amide bonds. The molecule has 0 unspecified atom stereocenters. The van der Waals surface area contributed by atoms with E-state index >= 15 is 0 Å². The van der Waals surface area contributed by atoms with Gasteiger partial charge in [-0.05, 0) is 28.6 Å². The number of anilines is 2. The highest BCUT2D eigenvalue weighted by Crippen LogP contribution is 2.28. The molecule has 1 aromatic heterocycles. The summed E-state index contributed by atoms with van der Waals surface area (Å²) in [5, 5.41) is 10.7. The number of halogens is 1. The first-order chi connectivity index (χ1) is 8.49. The molecule has 0 aliphatic carbocycles. The fraction of sp³-hybridized carbons (Fsp3) is 0.556. The lowest BCUT2D eigenvalue weighted by Crippen LogP contribution is -2.45. The molecule has 9 heteroatoms. The molecular formula is C9H13ClN6O2. The van der Waals surface area contributed by atoms with E-state index in [-0.39, 0.29) is 11.0 Å². The molecule has 2 heterocycles. The molecule has 98 valence electrons. The van der Waals surface area contributed by atoms with Gasteiger partial charge < -0.3 is 25.6 Å². The van der Waals surface area contributed by atoms with Gasteiger partial charge in [0.05, 0.1) is 0 Å². The number of hydrogen-bond donors (Lipinski definition) is 1. The predicted molar refractivity (Wildman–Crippen MR) is 67.8 cm³/mol. The van der Waals surface area contributed by atoms with Crippen LogP contribution in [-0.2, 0) is 0 Å². The number of rotatable bonds is 2. The van der Waals surface area contributed by atoms with E-state index in [0.717, 1.165) is 26.2 Å². The topological polar surface area (TPSA) is 101 Å². The van der Waals surface area contributed by atoms with Gasteiger partial charge in [-0.2, -0.15) is 0 Å². The molecule has 0 aromatic carbocycles. The standard InChI is InChI=1S/C9H13ClN6O2/c1-14-2-4-15(5-3-14)8-6(10)12-9(16(17)18)7(11)13-8/h2-5H2,1H3,(H2,11,13). The van der Waals surface area contributed by atoms with Crippen LogP contribution in [0.4, 0.5) is 17.5 Å². The van der Waals surface area contributed by atoms with Gasteiger partial charge in [-0.15, -0.1) is 0 Å². The number of nitro groups is 1. The van der Waals surface area contributed by atoms with Gasteiger partial charge in [-0.1, -0.05) is 0 Å². The maximum Gasteiger partial charge on any atom is 0.408 e. The van der Waals surface area contributed by atoms with Crippen molar-refractivity contribution in [2.45, 2.75) is 0 Å². The zero-order valence-electron chi connectivity index (χ0n) is 9.84. The molecular weight excluding hydrogens is 260 g/mol. The first-order valence-corrected chi connectivity index (χ1v) is 5.77. The van der Waals surface area contributed by atoms with Gasteiger partial charge in [0.15, 0.2) is 5.82 Å². The molecule has 0 spiro atoms. The number of nitrogen functional groups attached to an aromatic ring is 1. The van der Waals surface area contributed by atoms with Crippen LogP contribution in [0, 0.1) is 10.1 Å². The Hall–Kier alpha value is -1.67. The van der Waals surface area contributed by atoms with Crippen LogP contribution < -0.4 is 10.6 Å². The summed E-state index contributed by atoms with van der Waals surface area (Å²) in [5.41, 5.74) is 5.51. The van der Waals surface area contributed by atoms with E-state index in [9.17, 15) is 10.1 Å². The zero-order chi connectivity index (χ0) is 13.3. The minimum atomic E-state index is -0.692. The Labute approximate surface area is 109 Å². The number of aromatic nitrogens is 2.